The van der Waals surface area contributed by atoms with E-state index in [0.29, 0.717) is 0 Å². The second-order valence-corrected chi connectivity index (χ2v) is 3.40. The first-order valence-corrected chi connectivity index (χ1v) is 4.80. The predicted octanol–water partition coefficient (Wildman–Crippen LogP) is 0.557. The van der Waals surface area contributed by atoms with Gasteiger partial charge in [-0.1, -0.05) is 0 Å². The minimum atomic E-state index is -1.21. The molecule has 0 aromatic rings. The lowest BCUT2D eigenvalue weighted by atomic mass is 10.0. The fraction of sp³-hybridized carbons (Fsp3) is 0.500. The molecule has 96 valence electrons. The van der Waals surface area contributed by atoms with Crippen molar-refractivity contribution in [1.29, 1.82) is 0 Å². The first-order chi connectivity index (χ1) is 7.84. The Balaban J connectivity index is 4.07. The molecule has 0 aliphatic heterocycles. The molecule has 0 fully saturated rings. The number of carbonyl (C=O) groups is 3. The Kier molecular flexibility index (Phi) is 6.39. The number of hydrogen-bond donors (Lipinski definition) is 3. The fourth-order valence-corrected chi connectivity index (χ4v) is 0.968. The number of rotatable bonds is 8. The maximum Gasteiger partial charge on any atom is 0.334 e. The quantitative estimate of drug-likeness (QED) is 0.325. The fourth-order valence-electron chi connectivity index (χ4n) is 0.968. The van der Waals surface area contributed by atoms with Gasteiger partial charge < -0.3 is 20.1 Å². The molecule has 1 unspecified atom stereocenters. The summed E-state index contributed by atoms with van der Waals surface area (Å²) < 4.78 is 4.82. The van der Waals surface area contributed by atoms with Gasteiger partial charge in [0.05, 0.1) is 30.8 Å². The van der Waals surface area contributed by atoms with Crippen LogP contribution in [-0.4, -0.2) is 39.8 Å². The third-order valence-corrected chi connectivity index (χ3v) is 1.95. The Hall–Kier alpha value is -2.05. The largest absolute Gasteiger partial charge is 0.501 e. The normalized spacial score (nSPS) is 12.9. The lowest BCUT2D eigenvalue weighted by Crippen LogP contribution is -2.19. The average Bonchev–Trinajstić information content (AvgIpc) is 2.21. The van der Waals surface area contributed by atoms with Crippen LogP contribution in [0.5, 0.6) is 0 Å². The topological polar surface area (TPSA) is 121 Å². The van der Waals surface area contributed by atoms with Crippen molar-refractivity contribution in [2.45, 2.75) is 19.8 Å². The highest BCUT2D eigenvalue weighted by Crippen LogP contribution is 2.09. The molecule has 0 saturated heterocycles. The van der Waals surface area contributed by atoms with E-state index in [0.717, 1.165) is 6.26 Å². The second kappa shape index (κ2) is 7.26. The molecule has 0 radical (unpaired) electrons. The van der Waals surface area contributed by atoms with Gasteiger partial charge in [-0.15, -0.1) is 0 Å². The van der Waals surface area contributed by atoms with Crippen molar-refractivity contribution >= 4 is 17.9 Å². The summed E-state index contributed by atoms with van der Waals surface area (Å²) in [7, 11) is 0. The molecule has 17 heavy (non-hydrogen) atoms. The summed E-state index contributed by atoms with van der Waals surface area (Å²) >= 11 is 0. The van der Waals surface area contributed by atoms with Gasteiger partial charge >= 0.3 is 17.9 Å². The van der Waals surface area contributed by atoms with Gasteiger partial charge in [0, 0.05) is 0 Å². The molecular formula is C10H14O7. The lowest BCUT2D eigenvalue weighted by molar-refractivity contribution is -0.148. The van der Waals surface area contributed by atoms with Gasteiger partial charge in [-0.25, -0.2) is 4.79 Å². The van der Waals surface area contributed by atoms with Crippen LogP contribution in [0.1, 0.15) is 19.8 Å². The molecule has 0 bridgehead atoms. The molecule has 0 aromatic heterocycles. The van der Waals surface area contributed by atoms with Gasteiger partial charge in [0.25, 0.3) is 0 Å². The molecule has 3 N–H and O–H groups in total. The number of carboxylic acids is 3. The first-order valence-electron chi connectivity index (χ1n) is 4.80. The standard InChI is InChI=1S/C10H14O7/c1-6(9(13)14)5-17-3-2-7(10(15)16)4-8(11)12/h5,7H,2-4H2,1H3,(H,11,12)(H,13,14)(H,15,16). The zero-order valence-corrected chi connectivity index (χ0v) is 9.25. The molecule has 0 heterocycles. The highest BCUT2D eigenvalue weighted by atomic mass is 16.5. The van der Waals surface area contributed by atoms with Gasteiger partial charge in [0.15, 0.2) is 0 Å². The Morgan fingerprint density at radius 2 is 1.82 bits per heavy atom. The zero-order chi connectivity index (χ0) is 13.4. The van der Waals surface area contributed by atoms with Crippen LogP contribution < -0.4 is 0 Å². The van der Waals surface area contributed by atoms with Crippen molar-refractivity contribution in [2.75, 3.05) is 6.61 Å². The molecule has 0 saturated carbocycles. The van der Waals surface area contributed by atoms with Gasteiger partial charge in [-0.05, 0) is 13.3 Å². The van der Waals surface area contributed by atoms with E-state index in [1.165, 1.54) is 6.92 Å². The summed E-state index contributed by atoms with van der Waals surface area (Å²) in [6, 6.07) is 0. The number of carboxylic acid groups (broad SMARTS) is 3. The maximum atomic E-state index is 10.6. The SMILES string of the molecule is CC(=COCCC(CC(=O)O)C(=O)O)C(=O)O. The van der Waals surface area contributed by atoms with Crippen molar-refractivity contribution in [3.63, 3.8) is 0 Å². The van der Waals surface area contributed by atoms with Crippen molar-refractivity contribution in [3.05, 3.63) is 11.8 Å². The van der Waals surface area contributed by atoms with E-state index >= 15 is 0 Å². The maximum absolute atomic E-state index is 10.6. The summed E-state index contributed by atoms with van der Waals surface area (Å²) in [5.41, 5.74) is -0.0184. The molecule has 1 atom stereocenters. The van der Waals surface area contributed by atoms with Crippen LogP contribution in [0, 0.1) is 5.92 Å². The smallest absolute Gasteiger partial charge is 0.334 e. The van der Waals surface area contributed by atoms with Crippen LogP contribution in [0.25, 0.3) is 0 Å². The van der Waals surface area contributed by atoms with Gasteiger partial charge in [-0.2, -0.15) is 0 Å². The molecular weight excluding hydrogens is 232 g/mol. The number of hydrogen-bond acceptors (Lipinski definition) is 4. The molecule has 0 amide bonds. The minimum absolute atomic E-state index is 0.00499. The van der Waals surface area contributed by atoms with Crippen LogP contribution >= 0.6 is 0 Å². The predicted molar refractivity (Wildman–Crippen MR) is 55.3 cm³/mol. The summed E-state index contributed by atoms with van der Waals surface area (Å²) in [6.07, 6.45) is 0.521. The Bertz CT molecular complexity index is 332. The van der Waals surface area contributed by atoms with Crippen molar-refractivity contribution in [2.24, 2.45) is 5.92 Å². The van der Waals surface area contributed by atoms with Crippen molar-refractivity contribution in [1.82, 2.24) is 0 Å². The monoisotopic (exact) mass is 246 g/mol. The van der Waals surface area contributed by atoms with Crippen LogP contribution in [0.3, 0.4) is 0 Å². The van der Waals surface area contributed by atoms with E-state index in [9.17, 15) is 14.4 Å². The summed E-state index contributed by atoms with van der Waals surface area (Å²) in [4.78, 5) is 31.4. The van der Waals surface area contributed by atoms with Gasteiger partial charge in [0.2, 0.25) is 0 Å². The van der Waals surface area contributed by atoms with E-state index in [2.05, 4.69) is 0 Å². The van der Waals surface area contributed by atoms with E-state index in [4.69, 9.17) is 20.1 Å². The average molecular weight is 246 g/mol. The Labute approximate surface area is 97.3 Å². The number of aliphatic carboxylic acids is 3. The molecule has 0 aliphatic carbocycles. The molecule has 0 spiro atoms. The summed E-state index contributed by atoms with van der Waals surface area (Å²) in [6.45, 7) is 1.28. The van der Waals surface area contributed by atoms with E-state index < -0.39 is 30.2 Å². The lowest BCUT2D eigenvalue weighted by Gasteiger charge is -2.09. The summed E-state index contributed by atoms with van der Waals surface area (Å²) in [5.74, 6) is -4.58. The Morgan fingerprint density at radius 1 is 1.24 bits per heavy atom. The summed E-state index contributed by atoms with van der Waals surface area (Å²) in [5, 5.41) is 25.6. The van der Waals surface area contributed by atoms with Gasteiger partial charge in [-0.3, -0.25) is 9.59 Å². The molecule has 7 nitrogen and oxygen atoms in total. The minimum Gasteiger partial charge on any atom is -0.501 e. The van der Waals surface area contributed by atoms with E-state index in [1.807, 2.05) is 0 Å². The van der Waals surface area contributed by atoms with Crippen LogP contribution in [0.15, 0.2) is 11.8 Å². The van der Waals surface area contributed by atoms with Crippen molar-refractivity contribution in [3.8, 4) is 0 Å². The number of ether oxygens (including phenoxy) is 1. The molecule has 0 aliphatic rings. The highest BCUT2D eigenvalue weighted by molar-refractivity contribution is 5.85. The molecule has 7 heteroatoms. The van der Waals surface area contributed by atoms with E-state index in [-0.39, 0.29) is 18.6 Å². The Morgan fingerprint density at radius 3 is 2.24 bits per heavy atom. The molecule has 0 aromatic carbocycles. The van der Waals surface area contributed by atoms with Gasteiger partial charge in [0.1, 0.15) is 0 Å². The third kappa shape index (κ3) is 6.93. The van der Waals surface area contributed by atoms with Crippen LogP contribution in [0.4, 0.5) is 0 Å². The van der Waals surface area contributed by atoms with Crippen LogP contribution in [-0.2, 0) is 19.1 Å². The third-order valence-electron chi connectivity index (χ3n) is 1.95. The second-order valence-electron chi connectivity index (χ2n) is 3.40. The highest BCUT2D eigenvalue weighted by Gasteiger charge is 2.20. The van der Waals surface area contributed by atoms with E-state index in [1.54, 1.807) is 0 Å². The molecule has 0 rings (SSSR count). The van der Waals surface area contributed by atoms with Crippen molar-refractivity contribution < 1.29 is 34.4 Å². The first kappa shape index (κ1) is 14.9. The van der Waals surface area contributed by atoms with Crippen LogP contribution in [0.2, 0.25) is 0 Å². The zero-order valence-electron chi connectivity index (χ0n) is 9.25.